The molecule has 4 nitrogen and oxygen atoms in total. The Bertz CT molecular complexity index is 587. The average molecular weight is 499 g/mol. The van der Waals surface area contributed by atoms with E-state index in [0.717, 1.165) is 43.2 Å². The molecule has 0 aliphatic heterocycles. The quantitative estimate of drug-likeness (QED) is 0.320. The predicted octanol–water partition coefficient (Wildman–Crippen LogP) is 4.24. The third kappa shape index (κ3) is 7.48. The van der Waals surface area contributed by atoms with E-state index in [2.05, 4.69) is 15.6 Å². The summed E-state index contributed by atoms with van der Waals surface area (Å²) in [6.07, 6.45) is 1.04. The van der Waals surface area contributed by atoms with E-state index < -0.39 is 11.7 Å². The van der Waals surface area contributed by atoms with Crippen LogP contribution in [0.1, 0.15) is 36.8 Å². The Kier molecular flexibility index (Phi) is 9.86. The van der Waals surface area contributed by atoms with Crippen LogP contribution in [0.3, 0.4) is 0 Å². The van der Waals surface area contributed by atoms with Crippen LogP contribution in [0.5, 0.6) is 0 Å². The molecule has 1 aromatic rings. The Morgan fingerprint density at radius 2 is 1.85 bits per heavy atom. The van der Waals surface area contributed by atoms with E-state index in [4.69, 9.17) is 4.74 Å². The number of aliphatic imine (C=N–C) groups is 1. The average Bonchev–Trinajstić information content (AvgIpc) is 2.58. The summed E-state index contributed by atoms with van der Waals surface area (Å²) in [6.45, 7) is 2.23. The van der Waals surface area contributed by atoms with Crippen LogP contribution in [0, 0.1) is 5.41 Å². The number of nitrogens with zero attached hydrogens (tertiary/aromatic N) is 1. The number of methoxy groups -OCH3 is 1. The highest BCUT2D eigenvalue weighted by atomic mass is 127. The molecule has 0 heterocycles. The van der Waals surface area contributed by atoms with Gasteiger partial charge < -0.3 is 15.4 Å². The van der Waals surface area contributed by atoms with E-state index in [9.17, 15) is 13.2 Å². The van der Waals surface area contributed by atoms with Gasteiger partial charge in [-0.2, -0.15) is 13.2 Å². The molecule has 0 saturated heterocycles. The standard InChI is InChI=1S/C19H28F3N3O.HI/c1-23-17(25-14-18(9-3-10-18)11-13-26-2)24-12-8-15-4-6-16(7-5-15)19(20,21)22;/h4-7H,3,8-14H2,1-2H3,(H2,23,24,25);1H. The number of rotatable bonds is 8. The van der Waals surface area contributed by atoms with Crippen molar-refractivity contribution in [3.63, 3.8) is 0 Å². The molecule has 0 unspecified atom stereocenters. The fraction of sp³-hybridized carbons (Fsp3) is 0.632. The van der Waals surface area contributed by atoms with Crippen LogP contribution < -0.4 is 10.6 Å². The molecular weight excluding hydrogens is 470 g/mol. The van der Waals surface area contributed by atoms with Gasteiger partial charge in [-0.3, -0.25) is 4.99 Å². The lowest BCUT2D eigenvalue weighted by molar-refractivity contribution is -0.137. The number of benzene rings is 1. The monoisotopic (exact) mass is 499 g/mol. The van der Waals surface area contributed by atoms with Crippen molar-refractivity contribution in [1.82, 2.24) is 10.6 Å². The molecule has 27 heavy (non-hydrogen) atoms. The predicted molar refractivity (Wildman–Crippen MR) is 113 cm³/mol. The molecular formula is C19H29F3IN3O. The molecule has 2 N–H and O–H groups in total. The van der Waals surface area contributed by atoms with E-state index in [1.807, 2.05) is 0 Å². The highest BCUT2D eigenvalue weighted by Crippen LogP contribution is 2.43. The van der Waals surface area contributed by atoms with E-state index in [1.54, 1.807) is 14.2 Å². The van der Waals surface area contributed by atoms with Crippen molar-refractivity contribution in [2.24, 2.45) is 10.4 Å². The van der Waals surface area contributed by atoms with Crippen molar-refractivity contribution in [2.75, 3.05) is 33.9 Å². The molecule has 2 rings (SSSR count). The Hall–Kier alpha value is -1.03. The maximum absolute atomic E-state index is 12.6. The van der Waals surface area contributed by atoms with Gasteiger partial charge in [0.1, 0.15) is 0 Å². The highest BCUT2D eigenvalue weighted by molar-refractivity contribution is 14.0. The van der Waals surface area contributed by atoms with E-state index in [0.29, 0.717) is 18.4 Å². The summed E-state index contributed by atoms with van der Waals surface area (Å²) in [5.74, 6) is 0.723. The normalized spacial score (nSPS) is 16.3. The molecule has 1 saturated carbocycles. The summed E-state index contributed by atoms with van der Waals surface area (Å²) >= 11 is 0. The molecule has 1 fully saturated rings. The third-order valence-corrected chi connectivity index (χ3v) is 5.09. The Balaban J connectivity index is 0.00000364. The number of nitrogens with one attached hydrogen (secondary N) is 2. The van der Waals surface area contributed by atoms with Crippen molar-refractivity contribution >= 4 is 29.9 Å². The minimum atomic E-state index is -4.29. The molecule has 8 heteroatoms. The van der Waals surface area contributed by atoms with E-state index >= 15 is 0 Å². The van der Waals surface area contributed by atoms with Crippen LogP contribution in [0.15, 0.2) is 29.3 Å². The molecule has 154 valence electrons. The van der Waals surface area contributed by atoms with Crippen LogP contribution in [0.2, 0.25) is 0 Å². The SMILES string of the molecule is CN=C(NCCc1ccc(C(F)(F)F)cc1)NCC1(CCOC)CCC1.I. The van der Waals surface area contributed by atoms with Gasteiger partial charge in [-0.15, -0.1) is 24.0 Å². The molecule has 1 aliphatic carbocycles. The van der Waals surface area contributed by atoms with Gasteiger partial charge in [-0.25, -0.2) is 0 Å². The number of hydrogen-bond acceptors (Lipinski definition) is 2. The van der Waals surface area contributed by atoms with Gasteiger partial charge in [0.25, 0.3) is 0 Å². The minimum Gasteiger partial charge on any atom is -0.385 e. The van der Waals surface area contributed by atoms with Crippen molar-refractivity contribution in [3.8, 4) is 0 Å². The first-order chi connectivity index (χ1) is 12.4. The van der Waals surface area contributed by atoms with Crippen molar-refractivity contribution < 1.29 is 17.9 Å². The summed E-state index contributed by atoms with van der Waals surface area (Å²) in [6, 6.07) is 5.29. The number of ether oxygens (including phenoxy) is 1. The topological polar surface area (TPSA) is 45.7 Å². The summed E-state index contributed by atoms with van der Waals surface area (Å²) in [5, 5.41) is 6.60. The minimum absolute atomic E-state index is 0. The first kappa shape index (κ1) is 24.0. The second-order valence-corrected chi connectivity index (χ2v) is 6.89. The van der Waals surface area contributed by atoms with E-state index in [-0.39, 0.29) is 24.0 Å². The lowest BCUT2D eigenvalue weighted by atomic mass is 9.67. The van der Waals surface area contributed by atoms with Gasteiger partial charge >= 0.3 is 6.18 Å². The molecule has 0 radical (unpaired) electrons. The fourth-order valence-corrected chi connectivity index (χ4v) is 3.19. The fourth-order valence-electron chi connectivity index (χ4n) is 3.19. The molecule has 0 aromatic heterocycles. The third-order valence-electron chi connectivity index (χ3n) is 5.09. The summed E-state index contributed by atoms with van der Waals surface area (Å²) in [4.78, 5) is 4.22. The molecule has 0 bridgehead atoms. The van der Waals surface area contributed by atoms with Crippen LogP contribution >= 0.6 is 24.0 Å². The molecule has 1 aliphatic rings. The van der Waals surface area contributed by atoms with Crippen LogP contribution in [-0.4, -0.2) is 39.8 Å². The van der Waals surface area contributed by atoms with Gasteiger partial charge in [0, 0.05) is 33.9 Å². The van der Waals surface area contributed by atoms with Crippen molar-refractivity contribution in [1.29, 1.82) is 0 Å². The first-order valence-corrected chi connectivity index (χ1v) is 8.98. The van der Waals surface area contributed by atoms with E-state index in [1.165, 1.54) is 31.4 Å². The maximum atomic E-state index is 12.6. The van der Waals surface area contributed by atoms with Crippen molar-refractivity contribution in [3.05, 3.63) is 35.4 Å². The number of alkyl halides is 3. The summed E-state index contributed by atoms with van der Waals surface area (Å²) in [7, 11) is 3.44. The van der Waals surface area contributed by atoms with Gasteiger partial charge in [0.05, 0.1) is 5.56 Å². The van der Waals surface area contributed by atoms with Crippen LogP contribution in [-0.2, 0) is 17.3 Å². The number of guanidine groups is 1. The Labute approximate surface area is 176 Å². The molecule has 0 atom stereocenters. The second-order valence-electron chi connectivity index (χ2n) is 6.89. The molecule has 0 amide bonds. The van der Waals surface area contributed by atoms with Crippen LogP contribution in [0.4, 0.5) is 13.2 Å². The Morgan fingerprint density at radius 1 is 1.19 bits per heavy atom. The smallest absolute Gasteiger partial charge is 0.385 e. The van der Waals surface area contributed by atoms with Gasteiger partial charge in [-0.05, 0) is 48.8 Å². The zero-order valence-corrected chi connectivity index (χ0v) is 18.2. The lowest BCUT2D eigenvalue weighted by Crippen LogP contribution is -2.47. The van der Waals surface area contributed by atoms with Gasteiger partial charge in [0.15, 0.2) is 5.96 Å². The lowest BCUT2D eigenvalue weighted by Gasteiger charge is -2.42. The van der Waals surface area contributed by atoms with Crippen LogP contribution in [0.25, 0.3) is 0 Å². The Morgan fingerprint density at radius 3 is 2.33 bits per heavy atom. The molecule has 0 spiro atoms. The first-order valence-electron chi connectivity index (χ1n) is 8.98. The second kappa shape index (κ2) is 11.1. The zero-order valence-electron chi connectivity index (χ0n) is 15.9. The largest absolute Gasteiger partial charge is 0.416 e. The molecule has 1 aromatic carbocycles. The summed E-state index contributed by atoms with van der Waals surface area (Å²) < 4.78 is 42.9. The zero-order chi connectivity index (χ0) is 19.0. The summed E-state index contributed by atoms with van der Waals surface area (Å²) in [5.41, 5.74) is 0.534. The van der Waals surface area contributed by atoms with Gasteiger partial charge in [-0.1, -0.05) is 18.6 Å². The van der Waals surface area contributed by atoms with Crippen molar-refractivity contribution in [2.45, 2.75) is 38.3 Å². The highest BCUT2D eigenvalue weighted by Gasteiger charge is 2.36. The number of halogens is 4. The maximum Gasteiger partial charge on any atom is 0.416 e. The van der Waals surface area contributed by atoms with Gasteiger partial charge in [0.2, 0.25) is 0 Å². The number of hydrogen-bond donors (Lipinski definition) is 2.